The number of hydrogen-bond acceptors (Lipinski definition) is 3. The van der Waals surface area contributed by atoms with Gasteiger partial charge in [-0.25, -0.2) is 0 Å². The fraction of sp³-hybridized carbons (Fsp3) is 0.842. The molecule has 2 atom stereocenters. The van der Waals surface area contributed by atoms with Gasteiger partial charge in [-0.1, -0.05) is 51.9 Å². The summed E-state index contributed by atoms with van der Waals surface area (Å²) < 4.78 is 5.85. The molecule has 22 heavy (non-hydrogen) atoms. The van der Waals surface area contributed by atoms with Crippen LogP contribution in [0, 0.1) is 0 Å². The van der Waals surface area contributed by atoms with Crippen LogP contribution in [-0.4, -0.2) is 28.2 Å². The lowest BCUT2D eigenvalue weighted by Crippen LogP contribution is -2.48. The SMILES string of the molecule is CCCCCCCCCC[C@]1(O)C(=O)C=C[C@@H]1OC(C)(C)C. The highest BCUT2D eigenvalue weighted by molar-refractivity contribution is 6.00. The average molecular weight is 310 g/mol. The zero-order valence-corrected chi connectivity index (χ0v) is 14.9. The van der Waals surface area contributed by atoms with Gasteiger partial charge in [0.2, 0.25) is 0 Å². The number of ketones is 1. The number of unbranched alkanes of at least 4 members (excludes halogenated alkanes) is 7. The van der Waals surface area contributed by atoms with Crippen molar-refractivity contribution in [3.8, 4) is 0 Å². The molecule has 0 saturated heterocycles. The van der Waals surface area contributed by atoms with Gasteiger partial charge in [0.05, 0.1) is 5.60 Å². The van der Waals surface area contributed by atoms with E-state index in [-0.39, 0.29) is 11.4 Å². The van der Waals surface area contributed by atoms with Gasteiger partial charge < -0.3 is 9.84 Å². The van der Waals surface area contributed by atoms with Crippen molar-refractivity contribution in [2.75, 3.05) is 0 Å². The smallest absolute Gasteiger partial charge is 0.189 e. The van der Waals surface area contributed by atoms with E-state index in [1.807, 2.05) is 20.8 Å². The average Bonchev–Trinajstić information content (AvgIpc) is 2.69. The Balaban J connectivity index is 2.31. The second-order valence-electron chi connectivity index (χ2n) is 7.52. The third-order valence-electron chi connectivity index (χ3n) is 4.21. The Morgan fingerprint density at radius 3 is 2.18 bits per heavy atom. The summed E-state index contributed by atoms with van der Waals surface area (Å²) >= 11 is 0. The highest BCUT2D eigenvalue weighted by Gasteiger charge is 2.46. The molecule has 0 amide bonds. The fourth-order valence-electron chi connectivity index (χ4n) is 2.93. The molecule has 0 aromatic carbocycles. The minimum absolute atomic E-state index is 0.204. The molecule has 0 unspecified atom stereocenters. The molecule has 1 rings (SSSR count). The monoisotopic (exact) mass is 310 g/mol. The van der Waals surface area contributed by atoms with E-state index in [2.05, 4.69) is 6.92 Å². The summed E-state index contributed by atoms with van der Waals surface area (Å²) in [5.41, 5.74) is -1.72. The van der Waals surface area contributed by atoms with Crippen LogP contribution in [0.3, 0.4) is 0 Å². The largest absolute Gasteiger partial charge is 0.379 e. The first kappa shape index (κ1) is 19.4. The van der Waals surface area contributed by atoms with Gasteiger partial charge in [0.25, 0.3) is 0 Å². The molecule has 0 radical (unpaired) electrons. The molecule has 0 fully saturated rings. The van der Waals surface area contributed by atoms with E-state index in [1.54, 1.807) is 6.08 Å². The van der Waals surface area contributed by atoms with Crippen molar-refractivity contribution < 1.29 is 14.6 Å². The van der Waals surface area contributed by atoms with Crippen molar-refractivity contribution in [3.05, 3.63) is 12.2 Å². The van der Waals surface area contributed by atoms with E-state index in [0.717, 1.165) is 12.8 Å². The molecule has 0 bridgehead atoms. The number of hydrogen-bond donors (Lipinski definition) is 1. The number of rotatable bonds is 10. The topological polar surface area (TPSA) is 46.5 Å². The van der Waals surface area contributed by atoms with Crippen LogP contribution in [0.25, 0.3) is 0 Å². The van der Waals surface area contributed by atoms with Gasteiger partial charge in [-0.3, -0.25) is 4.79 Å². The number of carbonyl (C=O) groups is 1. The van der Waals surface area contributed by atoms with Crippen LogP contribution in [0.1, 0.15) is 85.5 Å². The van der Waals surface area contributed by atoms with Crippen molar-refractivity contribution >= 4 is 5.78 Å². The predicted molar refractivity (Wildman–Crippen MR) is 90.9 cm³/mol. The van der Waals surface area contributed by atoms with Crippen molar-refractivity contribution in [1.29, 1.82) is 0 Å². The minimum atomic E-state index is -1.35. The number of aliphatic hydroxyl groups is 1. The first-order chi connectivity index (χ1) is 10.3. The maximum absolute atomic E-state index is 12.0. The van der Waals surface area contributed by atoms with Gasteiger partial charge in [0.1, 0.15) is 6.10 Å². The second-order valence-corrected chi connectivity index (χ2v) is 7.52. The molecule has 128 valence electrons. The molecule has 1 aliphatic rings. The third-order valence-corrected chi connectivity index (χ3v) is 4.21. The van der Waals surface area contributed by atoms with Gasteiger partial charge in [0, 0.05) is 0 Å². The normalized spacial score (nSPS) is 25.1. The molecule has 0 saturated carbocycles. The van der Waals surface area contributed by atoms with Crippen molar-refractivity contribution in [2.24, 2.45) is 0 Å². The summed E-state index contributed by atoms with van der Waals surface area (Å²) in [6.07, 6.45) is 12.8. The van der Waals surface area contributed by atoms with Gasteiger partial charge in [-0.05, 0) is 45.8 Å². The molecular weight excluding hydrogens is 276 g/mol. The van der Waals surface area contributed by atoms with E-state index >= 15 is 0 Å². The summed E-state index contributed by atoms with van der Waals surface area (Å²) in [5.74, 6) is -0.204. The number of carbonyl (C=O) groups excluding carboxylic acids is 1. The first-order valence-corrected chi connectivity index (χ1v) is 8.92. The fourth-order valence-corrected chi connectivity index (χ4v) is 2.93. The lowest BCUT2D eigenvalue weighted by molar-refractivity contribution is -0.157. The van der Waals surface area contributed by atoms with E-state index < -0.39 is 11.7 Å². The molecule has 1 aliphatic carbocycles. The summed E-state index contributed by atoms with van der Waals surface area (Å²) in [5, 5.41) is 10.7. The predicted octanol–water partition coefficient (Wildman–Crippen LogP) is 4.57. The third kappa shape index (κ3) is 6.21. The molecular formula is C19H34O3. The Bertz CT molecular complexity index is 367. The zero-order chi connectivity index (χ0) is 16.6. The first-order valence-electron chi connectivity index (χ1n) is 8.92. The van der Waals surface area contributed by atoms with E-state index in [4.69, 9.17) is 4.74 Å². The zero-order valence-electron chi connectivity index (χ0n) is 14.9. The molecule has 1 N–H and O–H groups in total. The van der Waals surface area contributed by atoms with Crippen LogP contribution in [0.5, 0.6) is 0 Å². The maximum Gasteiger partial charge on any atom is 0.189 e. The van der Waals surface area contributed by atoms with Gasteiger partial charge in [-0.2, -0.15) is 0 Å². The highest BCUT2D eigenvalue weighted by Crippen LogP contribution is 2.32. The Labute approximate surface area is 136 Å². The molecule has 0 spiro atoms. The van der Waals surface area contributed by atoms with E-state index in [9.17, 15) is 9.90 Å². The molecule has 0 aliphatic heterocycles. The standard InChI is InChI=1S/C19H34O3/c1-5-6-7-8-9-10-11-12-15-19(21)16(20)13-14-17(19)22-18(2,3)4/h13-14,17,21H,5-12,15H2,1-4H3/t17-,19-/m0/s1. The Hall–Kier alpha value is -0.670. The molecule has 0 aromatic heterocycles. The van der Waals surface area contributed by atoms with Crippen molar-refractivity contribution in [2.45, 2.75) is 103 Å². The lowest BCUT2D eigenvalue weighted by Gasteiger charge is -2.33. The molecule has 0 heterocycles. The Morgan fingerprint density at radius 1 is 1.09 bits per heavy atom. The van der Waals surface area contributed by atoms with Crippen LogP contribution < -0.4 is 0 Å². The Kier molecular flexibility index (Phi) is 7.78. The van der Waals surface area contributed by atoms with E-state index in [0.29, 0.717) is 6.42 Å². The molecule has 3 heteroatoms. The highest BCUT2D eigenvalue weighted by atomic mass is 16.5. The van der Waals surface area contributed by atoms with Gasteiger partial charge in [-0.15, -0.1) is 0 Å². The van der Waals surface area contributed by atoms with Crippen LogP contribution in [0.15, 0.2) is 12.2 Å². The van der Waals surface area contributed by atoms with Gasteiger partial charge in [0.15, 0.2) is 11.4 Å². The van der Waals surface area contributed by atoms with Crippen LogP contribution in [0.2, 0.25) is 0 Å². The quantitative estimate of drug-likeness (QED) is 0.601. The van der Waals surface area contributed by atoms with Crippen LogP contribution in [0.4, 0.5) is 0 Å². The summed E-state index contributed by atoms with van der Waals surface area (Å²) in [4.78, 5) is 12.0. The summed E-state index contributed by atoms with van der Waals surface area (Å²) in [7, 11) is 0. The minimum Gasteiger partial charge on any atom is -0.379 e. The Morgan fingerprint density at radius 2 is 1.64 bits per heavy atom. The van der Waals surface area contributed by atoms with Crippen molar-refractivity contribution in [1.82, 2.24) is 0 Å². The maximum atomic E-state index is 12.0. The van der Waals surface area contributed by atoms with Crippen molar-refractivity contribution in [3.63, 3.8) is 0 Å². The lowest BCUT2D eigenvalue weighted by atomic mass is 9.90. The van der Waals surface area contributed by atoms with Crippen LogP contribution >= 0.6 is 0 Å². The molecule has 3 nitrogen and oxygen atoms in total. The van der Waals surface area contributed by atoms with E-state index in [1.165, 1.54) is 44.6 Å². The number of ether oxygens (including phenoxy) is 1. The summed E-state index contributed by atoms with van der Waals surface area (Å²) in [6, 6.07) is 0. The van der Waals surface area contributed by atoms with Crippen LogP contribution in [-0.2, 0) is 9.53 Å². The van der Waals surface area contributed by atoms with Gasteiger partial charge >= 0.3 is 0 Å². The second kappa shape index (κ2) is 8.83. The molecule has 0 aromatic rings. The summed E-state index contributed by atoms with van der Waals surface area (Å²) in [6.45, 7) is 8.06.